The van der Waals surface area contributed by atoms with Gasteiger partial charge in [0.1, 0.15) is 12.7 Å². The van der Waals surface area contributed by atoms with Gasteiger partial charge in [-0.15, -0.1) is 5.10 Å². The van der Waals surface area contributed by atoms with Crippen LogP contribution in [0, 0.1) is 11.8 Å². The average molecular weight is 553 g/mol. The van der Waals surface area contributed by atoms with Crippen LogP contribution in [0.15, 0.2) is 24.3 Å². The summed E-state index contributed by atoms with van der Waals surface area (Å²) in [5.41, 5.74) is -1.36. The molecule has 0 N–H and O–H groups in total. The molecule has 39 heavy (non-hydrogen) atoms. The minimum atomic E-state index is -4.67. The summed E-state index contributed by atoms with van der Waals surface area (Å²) in [6.07, 6.45) is -10.0. The molecule has 1 aromatic heterocycles. The average Bonchev–Trinajstić information content (AvgIpc) is 3.41. The van der Waals surface area contributed by atoms with Gasteiger partial charge in [-0.1, -0.05) is 18.1 Å². The molecular formula is C24H22F3N3O9. The lowest BCUT2D eigenvalue weighted by Gasteiger charge is -2.23. The van der Waals surface area contributed by atoms with Crippen molar-refractivity contribution in [2.24, 2.45) is 0 Å². The van der Waals surface area contributed by atoms with Crippen LogP contribution >= 0.6 is 0 Å². The Morgan fingerprint density at radius 2 is 1.64 bits per heavy atom. The molecule has 208 valence electrons. The Labute approximate surface area is 219 Å². The Bertz CT molecular complexity index is 1330. The number of aromatic nitrogens is 3. The van der Waals surface area contributed by atoms with Gasteiger partial charge in [-0.3, -0.25) is 14.4 Å². The van der Waals surface area contributed by atoms with Crippen molar-refractivity contribution in [3.8, 4) is 11.8 Å². The molecule has 2 aromatic rings. The highest BCUT2D eigenvalue weighted by molar-refractivity contribution is 5.85. The Balaban J connectivity index is 2.09. The molecule has 0 radical (unpaired) electrons. The molecule has 2 heterocycles. The zero-order valence-corrected chi connectivity index (χ0v) is 21.0. The summed E-state index contributed by atoms with van der Waals surface area (Å²) >= 11 is 0. The highest BCUT2D eigenvalue weighted by atomic mass is 19.4. The lowest BCUT2D eigenvalue weighted by molar-refractivity contribution is -0.166. The van der Waals surface area contributed by atoms with Crippen LogP contribution in [0.5, 0.6) is 0 Å². The quantitative estimate of drug-likeness (QED) is 0.293. The summed E-state index contributed by atoms with van der Waals surface area (Å²) in [5, 5.41) is 4.05. The third kappa shape index (κ3) is 7.11. The van der Waals surface area contributed by atoms with Crippen LogP contribution in [0.4, 0.5) is 13.2 Å². The molecule has 0 bridgehead atoms. The first-order chi connectivity index (χ1) is 18.3. The van der Waals surface area contributed by atoms with E-state index in [9.17, 15) is 32.3 Å². The highest BCUT2D eigenvalue weighted by Crippen LogP contribution is 2.35. The number of carbonyl (C=O) groups excluding carboxylic acids is 4. The van der Waals surface area contributed by atoms with Crippen molar-refractivity contribution in [3.63, 3.8) is 0 Å². The van der Waals surface area contributed by atoms with E-state index in [-0.39, 0.29) is 5.56 Å². The minimum Gasteiger partial charge on any atom is -0.463 e. The third-order valence-corrected chi connectivity index (χ3v) is 5.12. The van der Waals surface area contributed by atoms with Gasteiger partial charge in [0.15, 0.2) is 18.4 Å². The maximum Gasteiger partial charge on any atom is 0.417 e. The minimum absolute atomic E-state index is 0.368. The summed E-state index contributed by atoms with van der Waals surface area (Å²) < 4.78 is 66.9. The third-order valence-electron chi connectivity index (χ3n) is 5.12. The summed E-state index contributed by atoms with van der Waals surface area (Å²) in [4.78, 5) is 51.4. The van der Waals surface area contributed by atoms with Crippen molar-refractivity contribution in [3.05, 3.63) is 47.0 Å². The van der Waals surface area contributed by atoms with E-state index >= 15 is 0 Å². The Morgan fingerprint density at radius 3 is 2.23 bits per heavy atom. The van der Waals surface area contributed by atoms with Gasteiger partial charge in [0.2, 0.25) is 11.6 Å². The van der Waals surface area contributed by atoms with Crippen LogP contribution in [0.25, 0.3) is 0 Å². The molecular weight excluding hydrogens is 531 g/mol. The molecule has 1 fully saturated rings. The molecule has 0 aliphatic carbocycles. The summed E-state index contributed by atoms with van der Waals surface area (Å²) in [5.74, 6) is 0.472. The maximum atomic E-state index is 13.3. The maximum absolute atomic E-state index is 13.3. The number of esters is 4. The molecule has 0 amide bonds. The van der Waals surface area contributed by atoms with Gasteiger partial charge in [-0.2, -0.15) is 18.2 Å². The van der Waals surface area contributed by atoms with Gasteiger partial charge in [0.05, 0.1) is 12.7 Å². The lowest BCUT2D eigenvalue weighted by atomic mass is 10.1. The van der Waals surface area contributed by atoms with E-state index in [1.807, 2.05) is 0 Å². The normalized spacial score (nSPS) is 20.4. The van der Waals surface area contributed by atoms with Gasteiger partial charge in [-0.25, -0.2) is 9.48 Å². The van der Waals surface area contributed by atoms with Crippen LogP contribution in [0.2, 0.25) is 0 Å². The summed E-state index contributed by atoms with van der Waals surface area (Å²) in [6, 6.07) is 4.56. The van der Waals surface area contributed by atoms with Gasteiger partial charge in [-0.05, 0) is 18.1 Å². The first-order valence-electron chi connectivity index (χ1n) is 11.2. The largest absolute Gasteiger partial charge is 0.463 e. The molecule has 4 atom stereocenters. The number of halogens is 3. The van der Waals surface area contributed by atoms with E-state index in [1.165, 1.54) is 12.1 Å². The molecule has 1 aliphatic rings. The number of benzene rings is 1. The van der Waals surface area contributed by atoms with E-state index < -0.39 is 78.4 Å². The van der Waals surface area contributed by atoms with Gasteiger partial charge >= 0.3 is 30.1 Å². The van der Waals surface area contributed by atoms with Crippen LogP contribution in [0.3, 0.4) is 0 Å². The number of carbonyl (C=O) groups is 4. The lowest BCUT2D eigenvalue weighted by Crippen LogP contribution is -2.41. The van der Waals surface area contributed by atoms with Crippen LogP contribution in [-0.4, -0.2) is 70.7 Å². The number of hydrogen-bond acceptors (Lipinski definition) is 11. The summed E-state index contributed by atoms with van der Waals surface area (Å²) in [6.45, 7) is 2.86. The monoisotopic (exact) mass is 553 g/mol. The molecule has 1 aromatic carbocycles. The zero-order chi connectivity index (χ0) is 28.9. The van der Waals surface area contributed by atoms with Gasteiger partial charge in [0, 0.05) is 26.3 Å². The van der Waals surface area contributed by atoms with Crippen molar-refractivity contribution in [1.29, 1.82) is 0 Å². The number of hydrogen-bond donors (Lipinski definition) is 0. The fourth-order valence-corrected chi connectivity index (χ4v) is 3.64. The summed E-state index contributed by atoms with van der Waals surface area (Å²) in [7, 11) is 1.04. The highest BCUT2D eigenvalue weighted by Gasteiger charge is 2.52. The molecule has 1 aliphatic heterocycles. The van der Waals surface area contributed by atoms with Crippen LogP contribution in [0.1, 0.15) is 54.6 Å². The van der Waals surface area contributed by atoms with Crippen LogP contribution < -0.4 is 0 Å². The fourth-order valence-electron chi connectivity index (χ4n) is 3.64. The van der Waals surface area contributed by atoms with E-state index in [2.05, 4.69) is 21.9 Å². The second-order valence-electron chi connectivity index (χ2n) is 8.00. The smallest absolute Gasteiger partial charge is 0.417 e. The van der Waals surface area contributed by atoms with Crippen molar-refractivity contribution in [2.45, 2.75) is 51.5 Å². The molecule has 0 spiro atoms. The fraction of sp³-hybridized carbons (Fsp3) is 0.417. The molecule has 0 unspecified atom stereocenters. The molecule has 15 heteroatoms. The van der Waals surface area contributed by atoms with Crippen molar-refractivity contribution in [1.82, 2.24) is 14.8 Å². The molecule has 1 saturated heterocycles. The number of nitrogens with zero attached hydrogens (tertiary/aromatic N) is 3. The van der Waals surface area contributed by atoms with E-state index in [0.29, 0.717) is 0 Å². The first kappa shape index (κ1) is 29.1. The van der Waals surface area contributed by atoms with Crippen molar-refractivity contribution < 1.29 is 56.0 Å². The topological polar surface area (TPSA) is 145 Å². The van der Waals surface area contributed by atoms with Crippen LogP contribution in [-0.2, 0) is 44.2 Å². The first-order valence-corrected chi connectivity index (χ1v) is 11.2. The second-order valence-corrected chi connectivity index (χ2v) is 8.00. The number of ether oxygens (including phenoxy) is 5. The Kier molecular flexibility index (Phi) is 8.92. The van der Waals surface area contributed by atoms with Crippen molar-refractivity contribution in [2.75, 3.05) is 13.7 Å². The Hall–Kier alpha value is -4.45. The number of rotatable bonds is 6. The Morgan fingerprint density at radius 1 is 1.00 bits per heavy atom. The zero-order valence-electron chi connectivity index (χ0n) is 21.0. The SMILES string of the molecule is COC(=O)c1nc(C#Cc2ccccc2C(F)(F)F)nn1[C@@H]1O[C@H](COC(C)=O)[C@@H](OC(C)=O)[C@H]1OC(C)=O. The van der Waals surface area contributed by atoms with Gasteiger partial charge in [0.25, 0.3) is 0 Å². The standard InChI is InChI=1S/C24H22F3N3O9/c1-12(31)36-11-17-19(37-13(2)32)20(38-14(3)33)22(39-17)30-21(23(34)35-4)28-18(29-30)10-9-15-7-5-6-8-16(15)24(25,26)27/h5-8,17,19-20,22H,11H2,1-4H3/t17-,19-,20-,22-/m1/s1. The predicted octanol–water partition coefficient (Wildman–Crippen LogP) is 1.81. The predicted molar refractivity (Wildman–Crippen MR) is 120 cm³/mol. The van der Waals surface area contributed by atoms with Gasteiger partial charge < -0.3 is 23.7 Å². The second kappa shape index (κ2) is 11.9. The number of alkyl halides is 3. The van der Waals surface area contributed by atoms with E-state index in [1.54, 1.807) is 0 Å². The molecule has 0 saturated carbocycles. The van der Waals surface area contributed by atoms with E-state index in [4.69, 9.17) is 23.7 Å². The molecule has 12 nitrogen and oxygen atoms in total. The van der Waals surface area contributed by atoms with E-state index in [0.717, 1.165) is 44.7 Å². The molecule has 3 rings (SSSR count). The number of methoxy groups -OCH3 is 1. The van der Waals surface area contributed by atoms with Crippen molar-refractivity contribution >= 4 is 23.9 Å².